The third-order valence-corrected chi connectivity index (χ3v) is 5.31. The van der Waals surface area contributed by atoms with Gasteiger partial charge in [-0.3, -0.25) is 9.59 Å². The summed E-state index contributed by atoms with van der Waals surface area (Å²) >= 11 is 1.43. The summed E-state index contributed by atoms with van der Waals surface area (Å²) in [5.74, 6) is 0.371. The highest BCUT2D eigenvalue weighted by Gasteiger charge is 2.19. The quantitative estimate of drug-likeness (QED) is 0.578. The van der Waals surface area contributed by atoms with Crippen LogP contribution in [0.25, 0.3) is 0 Å². The van der Waals surface area contributed by atoms with Gasteiger partial charge in [0, 0.05) is 12.2 Å². The van der Waals surface area contributed by atoms with Gasteiger partial charge >= 0.3 is 0 Å². The first-order chi connectivity index (χ1) is 14.0. The highest BCUT2D eigenvalue weighted by molar-refractivity contribution is 7.12. The standard InChI is InChI=1S/C24H26N2O2S/c1-18(2)16-25-23(27)15-20-10-6-11-21(14-20)26(17-19-8-4-3-5-9-19)24(28)22-12-7-13-29-22/h3-14,18H,15-17H2,1-2H3,(H,25,27). The van der Waals surface area contributed by atoms with Gasteiger partial charge in [-0.05, 0) is 40.6 Å². The molecule has 29 heavy (non-hydrogen) atoms. The fourth-order valence-corrected chi connectivity index (χ4v) is 3.65. The molecule has 1 aromatic heterocycles. The van der Waals surface area contributed by atoms with Crippen LogP contribution < -0.4 is 10.2 Å². The fraction of sp³-hybridized carbons (Fsp3) is 0.250. The number of nitrogens with zero attached hydrogens (tertiary/aromatic N) is 1. The molecule has 1 N–H and O–H groups in total. The molecule has 0 fully saturated rings. The third-order valence-electron chi connectivity index (χ3n) is 4.46. The molecule has 0 saturated carbocycles. The molecule has 1 heterocycles. The number of rotatable bonds is 8. The maximum absolute atomic E-state index is 13.2. The molecule has 0 aliphatic carbocycles. The van der Waals surface area contributed by atoms with E-state index in [-0.39, 0.29) is 11.8 Å². The van der Waals surface area contributed by atoms with Crippen LogP contribution >= 0.6 is 11.3 Å². The van der Waals surface area contributed by atoms with E-state index in [2.05, 4.69) is 19.2 Å². The minimum absolute atomic E-state index is 0.00459. The molecule has 3 aromatic rings. The Bertz CT molecular complexity index is 937. The van der Waals surface area contributed by atoms with E-state index in [9.17, 15) is 9.59 Å². The summed E-state index contributed by atoms with van der Waals surface area (Å²) in [6, 6.07) is 21.3. The van der Waals surface area contributed by atoms with E-state index in [1.165, 1.54) is 11.3 Å². The van der Waals surface area contributed by atoms with Crippen LogP contribution in [0.4, 0.5) is 5.69 Å². The molecule has 0 radical (unpaired) electrons. The molecule has 3 rings (SSSR count). The van der Waals surface area contributed by atoms with Crippen LogP contribution in [0.2, 0.25) is 0 Å². The third kappa shape index (κ3) is 6.03. The van der Waals surface area contributed by atoms with Crippen LogP contribution in [0.1, 0.15) is 34.6 Å². The van der Waals surface area contributed by atoms with E-state index in [4.69, 9.17) is 0 Å². The van der Waals surface area contributed by atoms with E-state index in [0.29, 0.717) is 30.3 Å². The van der Waals surface area contributed by atoms with Crippen molar-refractivity contribution in [3.63, 3.8) is 0 Å². The van der Waals surface area contributed by atoms with Crippen LogP contribution in [0.5, 0.6) is 0 Å². The second-order valence-corrected chi connectivity index (χ2v) is 8.35. The monoisotopic (exact) mass is 406 g/mol. The van der Waals surface area contributed by atoms with Crippen LogP contribution in [-0.4, -0.2) is 18.4 Å². The van der Waals surface area contributed by atoms with Crippen molar-refractivity contribution in [3.8, 4) is 0 Å². The van der Waals surface area contributed by atoms with Crippen molar-refractivity contribution in [3.05, 3.63) is 88.1 Å². The first-order valence-electron chi connectivity index (χ1n) is 9.78. The molecule has 2 amide bonds. The summed E-state index contributed by atoms with van der Waals surface area (Å²) in [5, 5.41) is 4.85. The smallest absolute Gasteiger partial charge is 0.268 e. The molecule has 0 aliphatic rings. The Labute approximate surface area is 176 Å². The topological polar surface area (TPSA) is 49.4 Å². The molecule has 150 valence electrons. The fourth-order valence-electron chi connectivity index (χ4n) is 2.98. The first-order valence-corrected chi connectivity index (χ1v) is 10.7. The van der Waals surface area contributed by atoms with E-state index in [1.54, 1.807) is 4.90 Å². The predicted molar refractivity (Wildman–Crippen MR) is 119 cm³/mol. The van der Waals surface area contributed by atoms with E-state index < -0.39 is 0 Å². The zero-order valence-electron chi connectivity index (χ0n) is 16.8. The maximum Gasteiger partial charge on any atom is 0.268 e. The highest BCUT2D eigenvalue weighted by atomic mass is 32.1. The Morgan fingerprint density at radius 2 is 1.72 bits per heavy atom. The van der Waals surface area contributed by atoms with Crippen molar-refractivity contribution in [2.45, 2.75) is 26.8 Å². The van der Waals surface area contributed by atoms with Gasteiger partial charge in [0.15, 0.2) is 0 Å². The zero-order valence-corrected chi connectivity index (χ0v) is 17.6. The van der Waals surface area contributed by atoms with Gasteiger partial charge in [-0.15, -0.1) is 11.3 Å². The van der Waals surface area contributed by atoms with E-state index in [0.717, 1.165) is 16.8 Å². The summed E-state index contributed by atoms with van der Waals surface area (Å²) in [6.07, 6.45) is 0.299. The van der Waals surface area contributed by atoms with Crippen molar-refractivity contribution < 1.29 is 9.59 Å². The number of thiophene rings is 1. The van der Waals surface area contributed by atoms with Gasteiger partial charge in [-0.1, -0.05) is 62.4 Å². The lowest BCUT2D eigenvalue weighted by molar-refractivity contribution is -0.120. The minimum atomic E-state index is -0.0368. The van der Waals surface area contributed by atoms with Crippen LogP contribution in [0.3, 0.4) is 0 Å². The molecule has 0 atom stereocenters. The normalized spacial score (nSPS) is 10.7. The summed E-state index contributed by atoms with van der Waals surface area (Å²) in [5.41, 5.74) is 2.74. The first kappa shape index (κ1) is 20.8. The van der Waals surface area contributed by atoms with Crippen LogP contribution in [-0.2, 0) is 17.8 Å². The number of hydrogen-bond donors (Lipinski definition) is 1. The number of carbonyl (C=O) groups excluding carboxylic acids is 2. The Morgan fingerprint density at radius 3 is 2.41 bits per heavy atom. The van der Waals surface area contributed by atoms with E-state index >= 15 is 0 Å². The molecule has 4 nitrogen and oxygen atoms in total. The van der Waals surface area contributed by atoms with Gasteiger partial charge in [-0.2, -0.15) is 0 Å². The highest BCUT2D eigenvalue weighted by Crippen LogP contribution is 2.23. The van der Waals surface area contributed by atoms with Crippen LogP contribution in [0, 0.1) is 5.92 Å². The summed E-state index contributed by atoms with van der Waals surface area (Å²) in [7, 11) is 0. The minimum Gasteiger partial charge on any atom is -0.356 e. The van der Waals surface area contributed by atoms with Crippen molar-refractivity contribution in [1.82, 2.24) is 5.32 Å². The van der Waals surface area contributed by atoms with Crippen molar-refractivity contribution in [2.75, 3.05) is 11.4 Å². The largest absolute Gasteiger partial charge is 0.356 e. The Morgan fingerprint density at radius 1 is 0.966 bits per heavy atom. The predicted octanol–water partition coefficient (Wildman–Crippen LogP) is 4.91. The number of hydrogen-bond acceptors (Lipinski definition) is 3. The molecule has 0 spiro atoms. The second-order valence-electron chi connectivity index (χ2n) is 7.40. The number of carbonyl (C=O) groups is 2. The van der Waals surface area contributed by atoms with Crippen LogP contribution in [0.15, 0.2) is 72.1 Å². The lowest BCUT2D eigenvalue weighted by Crippen LogP contribution is -2.30. The lowest BCUT2D eigenvalue weighted by atomic mass is 10.1. The number of nitrogens with one attached hydrogen (secondary N) is 1. The summed E-state index contributed by atoms with van der Waals surface area (Å²) in [6.45, 7) is 5.27. The summed E-state index contributed by atoms with van der Waals surface area (Å²) in [4.78, 5) is 27.9. The average Bonchev–Trinajstić information content (AvgIpc) is 3.26. The SMILES string of the molecule is CC(C)CNC(=O)Cc1cccc(N(Cc2ccccc2)C(=O)c2cccs2)c1. The summed E-state index contributed by atoms with van der Waals surface area (Å²) < 4.78 is 0. The van der Waals surface area contributed by atoms with Gasteiger partial charge in [-0.25, -0.2) is 0 Å². The van der Waals surface area contributed by atoms with Gasteiger partial charge in [0.2, 0.25) is 5.91 Å². The maximum atomic E-state index is 13.2. The molecular weight excluding hydrogens is 380 g/mol. The van der Waals surface area contributed by atoms with Gasteiger partial charge in [0.1, 0.15) is 0 Å². The molecule has 0 unspecified atom stereocenters. The molecule has 5 heteroatoms. The molecule has 0 aliphatic heterocycles. The molecule has 0 saturated heterocycles. The lowest BCUT2D eigenvalue weighted by Gasteiger charge is -2.23. The average molecular weight is 407 g/mol. The second kappa shape index (κ2) is 10.0. The van der Waals surface area contributed by atoms with Gasteiger partial charge in [0.25, 0.3) is 5.91 Å². The van der Waals surface area contributed by atoms with Crippen molar-refractivity contribution in [2.24, 2.45) is 5.92 Å². The molecular formula is C24H26N2O2S. The van der Waals surface area contributed by atoms with Crippen molar-refractivity contribution in [1.29, 1.82) is 0 Å². The number of amides is 2. The van der Waals surface area contributed by atoms with Gasteiger partial charge in [0.05, 0.1) is 17.8 Å². The number of anilines is 1. The number of benzene rings is 2. The molecule has 0 bridgehead atoms. The van der Waals surface area contributed by atoms with Crippen molar-refractivity contribution >= 4 is 28.8 Å². The Balaban J connectivity index is 1.83. The zero-order chi connectivity index (χ0) is 20.6. The Hall–Kier alpha value is -2.92. The van der Waals surface area contributed by atoms with E-state index in [1.807, 2.05) is 72.1 Å². The van der Waals surface area contributed by atoms with Gasteiger partial charge < -0.3 is 10.2 Å². The molecule has 2 aromatic carbocycles. The Kier molecular flexibility index (Phi) is 7.19.